The molecule has 0 saturated heterocycles. The second kappa shape index (κ2) is 7.56. The number of nitrogens with zero attached hydrogens (tertiary/aromatic N) is 3. The number of halogens is 1. The van der Waals surface area contributed by atoms with Gasteiger partial charge in [-0.15, -0.1) is 0 Å². The lowest BCUT2D eigenvalue weighted by atomic mass is 10.2. The van der Waals surface area contributed by atoms with E-state index in [0.717, 1.165) is 18.9 Å². The van der Waals surface area contributed by atoms with Crippen LogP contribution in [0.15, 0.2) is 30.6 Å². The van der Waals surface area contributed by atoms with Gasteiger partial charge in [0.15, 0.2) is 0 Å². The predicted octanol–water partition coefficient (Wildman–Crippen LogP) is 1.67. The van der Waals surface area contributed by atoms with E-state index in [-0.39, 0.29) is 0 Å². The monoisotopic (exact) mass is 372 g/mol. The number of ether oxygens (including phenoxy) is 1. The summed E-state index contributed by atoms with van der Waals surface area (Å²) in [6.45, 7) is 2.96. The van der Waals surface area contributed by atoms with E-state index >= 15 is 0 Å². The molecular formula is C13H17IN4O. The molecule has 0 spiro atoms. The molecule has 5 nitrogen and oxygen atoms in total. The Morgan fingerprint density at radius 2 is 2.11 bits per heavy atom. The van der Waals surface area contributed by atoms with E-state index in [1.165, 1.54) is 9.13 Å². The van der Waals surface area contributed by atoms with Crippen LogP contribution in [0.25, 0.3) is 0 Å². The molecule has 0 saturated carbocycles. The van der Waals surface area contributed by atoms with Gasteiger partial charge in [-0.05, 0) is 40.3 Å². The van der Waals surface area contributed by atoms with Crippen LogP contribution in [0.2, 0.25) is 0 Å². The van der Waals surface area contributed by atoms with Gasteiger partial charge in [-0.25, -0.2) is 9.67 Å². The van der Waals surface area contributed by atoms with Gasteiger partial charge in [-0.1, -0.05) is 12.1 Å². The first kappa shape index (κ1) is 14.4. The Hall–Kier alpha value is -0.990. The number of nitrogens with one attached hydrogen (secondary N) is 1. The van der Waals surface area contributed by atoms with Crippen LogP contribution >= 0.6 is 22.6 Å². The van der Waals surface area contributed by atoms with Gasteiger partial charge in [0.05, 0.1) is 19.7 Å². The third-order valence-electron chi connectivity index (χ3n) is 2.71. The highest BCUT2D eigenvalue weighted by molar-refractivity contribution is 14.1. The standard InChI is InChI=1S/C13H17IN4O/c1-19-7-6-15-8-13-16-10-17-18(13)9-11-2-4-12(14)5-3-11/h2-5,10,15H,6-9H2,1H3. The molecule has 0 amide bonds. The van der Waals surface area contributed by atoms with Crippen molar-refractivity contribution in [2.45, 2.75) is 13.1 Å². The number of benzene rings is 1. The molecule has 6 heteroatoms. The van der Waals surface area contributed by atoms with Crippen LogP contribution in [0.4, 0.5) is 0 Å². The van der Waals surface area contributed by atoms with E-state index in [9.17, 15) is 0 Å². The van der Waals surface area contributed by atoms with E-state index in [0.29, 0.717) is 13.2 Å². The Kier molecular flexibility index (Phi) is 5.74. The van der Waals surface area contributed by atoms with Crippen LogP contribution in [0.3, 0.4) is 0 Å². The highest BCUT2D eigenvalue weighted by Crippen LogP contribution is 2.08. The molecule has 102 valence electrons. The van der Waals surface area contributed by atoms with E-state index in [2.05, 4.69) is 62.3 Å². The Morgan fingerprint density at radius 3 is 2.84 bits per heavy atom. The molecule has 0 unspecified atom stereocenters. The maximum atomic E-state index is 4.99. The summed E-state index contributed by atoms with van der Waals surface area (Å²) in [6, 6.07) is 8.43. The summed E-state index contributed by atoms with van der Waals surface area (Å²) in [5.74, 6) is 0.939. The Labute approximate surface area is 126 Å². The maximum absolute atomic E-state index is 4.99. The highest BCUT2D eigenvalue weighted by atomic mass is 127. The zero-order valence-corrected chi connectivity index (χ0v) is 13.0. The topological polar surface area (TPSA) is 52.0 Å². The predicted molar refractivity (Wildman–Crippen MR) is 81.9 cm³/mol. The minimum atomic E-state index is 0.700. The van der Waals surface area contributed by atoms with Crippen molar-refractivity contribution in [2.75, 3.05) is 20.3 Å². The Bertz CT molecular complexity index is 498. The quantitative estimate of drug-likeness (QED) is 0.594. The fraction of sp³-hybridized carbons (Fsp3) is 0.385. The third-order valence-corrected chi connectivity index (χ3v) is 3.43. The molecule has 0 aliphatic rings. The molecule has 0 atom stereocenters. The smallest absolute Gasteiger partial charge is 0.141 e. The molecule has 2 aromatic rings. The van der Waals surface area contributed by atoms with Crippen molar-refractivity contribution in [3.05, 3.63) is 45.6 Å². The average Bonchev–Trinajstić information content (AvgIpc) is 2.85. The molecule has 0 aliphatic heterocycles. The lowest BCUT2D eigenvalue weighted by Crippen LogP contribution is -2.21. The number of hydrogen-bond donors (Lipinski definition) is 1. The Balaban J connectivity index is 1.93. The van der Waals surface area contributed by atoms with Gasteiger partial charge in [0.1, 0.15) is 12.2 Å². The first-order valence-corrected chi connectivity index (χ1v) is 7.18. The summed E-state index contributed by atoms with van der Waals surface area (Å²) in [6.07, 6.45) is 1.60. The summed E-state index contributed by atoms with van der Waals surface area (Å²) in [5, 5.41) is 7.54. The van der Waals surface area contributed by atoms with Gasteiger partial charge in [-0.3, -0.25) is 0 Å². The number of rotatable bonds is 7. The fourth-order valence-corrected chi connectivity index (χ4v) is 2.05. The second-order valence-electron chi connectivity index (χ2n) is 4.13. The zero-order valence-electron chi connectivity index (χ0n) is 10.8. The molecule has 2 rings (SSSR count). The molecule has 0 aliphatic carbocycles. The number of aromatic nitrogens is 3. The van der Waals surface area contributed by atoms with Crippen LogP contribution in [0.5, 0.6) is 0 Å². The largest absolute Gasteiger partial charge is 0.383 e. The zero-order chi connectivity index (χ0) is 13.5. The first-order valence-electron chi connectivity index (χ1n) is 6.10. The first-order chi connectivity index (χ1) is 9.29. The second-order valence-corrected chi connectivity index (χ2v) is 5.38. The molecule has 1 N–H and O–H groups in total. The number of hydrogen-bond acceptors (Lipinski definition) is 4. The fourth-order valence-electron chi connectivity index (χ4n) is 1.69. The van der Waals surface area contributed by atoms with E-state index < -0.39 is 0 Å². The lowest BCUT2D eigenvalue weighted by molar-refractivity contribution is 0.198. The summed E-state index contributed by atoms with van der Waals surface area (Å²) in [7, 11) is 1.70. The van der Waals surface area contributed by atoms with Crippen molar-refractivity contribution in [3.63, 3.8) is 0 Å². The van der Waals surface area contributed by atoms with Crippen molar-refractivity contribution in [3.8, 4) is 0 Å². The van der Waals surface area contributed by atoms with Crippen molar-refractivity contribution >= 4 is 22.6 Å². The van der Waals surface area contributed by atoms with Crippen molar-refractivity contribution in [1.82, 2.24) is 20.1 Å². The van der Waals surface area contributed by atoms with E-state index in [4.69, 9.17) is 4.74 Å². The van der Waals surface area contributed by atoms with Crippen molar-refractivity contribution in [1.29, 1.82) is 0 Å². The van der Waals surface area contributed by atoms with Gasteiger partial charge in [-0.2, -0.15) is 5.10 Å². The molecule has 1 aromatic carbocycles. The molecule has 0 radical (unpaired) electrons. The van der Waals surface area contributed by atoms with Crippen LogP contribution in [-0.2, 0) is 17.8 Å². The molecule has 0 fully saturated rings. The average molecular weight is 372 g/mol. The maximum Gasteiger partial charge on any atom is 0.141 e. The third kappa shape index (κ3) is 4.55. The minimum Gasteiger partial charge on any atom is -0.383 e. The summed E-state index contributed by atoms with van der Waals surface area (Å²) >= 11 is 2.30. The summed E-state index contributed by atoms with van der Waals surface area (Å²) < 4.78 is 8.15. The van der Waals surface area contributed by atoms with Gasteiger partial charge >= 0.3 is 0 Å². The van der Waals surface area contributed by atoms with Crippen molar-refractivity contribution < 1.29 is 4.74 Å². The SMILES string of the molecule is COCCNCc1ncnn1Cc1ccc(I)cc1. The van der Waals surface area contributed by atoms with Gasteiger partial charge in [0.25, 0.3) is 0 Å². The van der Waals surface area contributed by atoms with Crippen LogP contribution < -0.4 is 5.32 Å². The van der Waals surface area contributed by atoms with Gasteiger partial charge in [0.2, 0.25) is 0 Å². The van der Waals surface area contributed by atoms with Crippen LogP contribution in [-0.4, -0.2) is 35.0 Å². The minimum absolute atomic E-state index is 0.700. The summed E-state index contributed by atoms with van der Waals surface area (Å²) in [4.78, 5) is 4.27. The number of methoxy groups -OCH3 is 1. The van der Waals surface area contributed by atoms with Crippen molar-refractivity contribution in [2.24, 2.45) is 0 Å². The van der Waals surface area contributed by atoms with Gasteiger partial charge in [0, 0.05) is 17.2 Å². The molecule has 19 heavy (non-hydrogen) atoms. The van der Waals surface area contributed by atoms with Crippen LogP contribution in [0.1, 0.15) is 11.4 Å². The van der Waals surface area contributed by atoms with Crippen LogP contribution in [0, 0.1) is 3.57 Å². The van der Waals surface area contributed by atoms with Gasteiger partial charge < -0.3 is 10.1 Å². The molecule has 0 bridgehead atoms. The molecule has 1 heterocycles. The van der Waals surface area contributed by atoms with E-state index in [1.54, 1.807) is 13.4 Å². The van der Waals surface area contributed by atoms with E-state index in [1.807, 2.05) is 4.68 Å². The molecular weight excluding hydrogens is 355 g/mol. The Morgan fingerprint density at radius 1 is 1.32 bits per heavy atom. The highest BCUT2D eigenvalue weighted by Gasteiger charge is 2.04. The normalized spacial score (nSPS) is 10.8. The molecule has 1 aromatic heterocycles. The summed E-state index contributed by atoms with van der Waals surface area (Å²) in [5.41, 5.74) is 1.23. The lowest BCUT2D eigenvalue weighted by Gasteiger charge is -2.07.